The van der Waals surface area contributed by atoms with Gasteiger partial charge in [-0.05, 0) is 62.4 Å². The van der Waals surface area contributed by atoms with Crippen LogP contribution in [0, 0.1) is 0 Å². The van der Waals surface area contributed by atoms with Gasteiger partial charge in [0.15, 0.2) is 0 Å². The first-order valence-electron chi connectivity index (χ1n) is 9.79. The van der Waals surface area contributed by atoms with Crippen molar-refractivity contribution in [3.63, 3.8) is 0 Å². The standard InChI is InChI=1S/C22H26Cl2N4O/c1-5-9-28-19-11-18(23)15(10-17(19)14(2)12-22(28,3)4)13-26-27-21(29)16-7-6-8-25-20(16)24/h6-8,10-11,13-14H,5,9,12H2,1-4H3,(H,27,29)/b26-13-. The van der Waals surface area contributed by atoms with E-state index in [1.165, 1.54) is 17.4 Å². The third-order valence-corrected chi connectivity index (χ3v) is 5.95. The number of carbonyl (C=O) groups is 1. The minimum atomic E-state index is -0.419. The van der Waals surface area contributed by atoms with E-state index in [0.717, 1.165) is 24.9 Å². The molecule has 2 heterocycles. The molecule has 154 valence electrons. The molecule has 1 unspecified atom stereocenters. The average Bonchev–Trinajstić information content (AvgIpc) is 2.66. The molecule has 0 radical (unpaired) electrons. The van der Waals surface area contributed by atoms with E-state index in [1.54, 1.807) is 18.3 Å². The Morgan fingerprint density at radius 1 is 1.41 bits per heavy atom. The largest absolute Gasteiger partial charge is 0.366 e. The zero-order chi connectivity index (χ0) is 21.2. The fourth-order valence-electron chi connectivity index (χ4n) is 4.04. The van der Waals surface area contributed by atoms with Crippen molar-refractivity contribution in [1.82, 2.24) is 10.4 Å². The topological polar surface area (TPSA) is 57.6 Å². The number of carbonyl (C=O) groups excluding carboxylic acids is 1. The van der Waals surface area contributed by atoms with Crippen molar-refractivity contribution in [2.45, 2.75) is 52.0 Å². The molecule has 7 heteroatoms. The molecule has 1 aromatic heterocycles. The molecule has 0 bridgehead atoms. The number of hydrazone groups is 1. The monoisotopic (exact) mass is 432 g/mol. The van der Waals surface area contributed by atoms with Crippen LogP contribution in [-0.2, 0) is 0 Å². The van der Waals surface area contributed by atoms with Crippen LogP contribution in [-0.4, -0.2) is 29.2 Å². The Morgan fingerprint density at radius 2 is 2.17 bits per heavy atom. The van der Waals surface area contributed by atoms with Gasteiger partial charge in [0, 0.05) is 29.5 Å². The molecule has 3 rings (SSSR count). The molecule has 0 aliphatic carbocycles. The van der Waals surface area contributed by atoms with Gasteiger partial charge in [-0.15, -0.1) is 0 Å². The van der Waals surface area contributed by atoms with Crippen LogP contribution in [0.1, 0.15) is 67.9 Å². The van der Waals surface area contributed by atoms with Crippen LogP contribution < -0.4 is 10.3 Å². The van der Waals surface area contributed by atoms with E-state index in [9.17, 15) is 4.79 Å². The molecule has 2 aromatic rings. The number of hydrogen-bond donors (Lipinski definition) is 1. The normalized spacial score (nSPS) is 18.0. The van der Waals surface area contributed by atoms with E-state index in [0.29, 0.717) is 10.9 Å². The van der Waals surface area contributed by atoms with E-state index in [-0.39, 0.29) is 16.3 Å². The predicted octanol–water partition coefficient (Wildman–Crippen LogP) is 5.65. The van der Waals surface area contributed by atoms with Crippen LogP contribution in [0.25, 0.3) is 0 Å². The van der Waals surface area contributed by atoms with Crippen LogP contribution in [0.4, 0.5) is 5.69 Å². The van der Waals surface area contributed by atoms with Crippen molar-refractivity contribution >= 4 is 41.0 Å². The number of rotatable bonds is 5. The van der Waals surface area contributed by atoms with Crippen molar-refractivity contribution in [2.75, 3.05) is 11.4 Å². The third kappa shape index (κ3) is 4.57. The summed E-state index contributed by atoms with van der Waals surface area (Å²) >= 11 is 12.5. The Morgan fingerprint density at radius 3 is 2.86 bits per heavy atom. The lowest BCUT2D eigenvalue weighted by Gasteiger charge is -2.47. The Hall–Kier alpha value is -2.11. The Balaban J connectivity index is 1.85. The first-order valence-corrected chi connectivity index (χ1v) is 10.5. The number of pyridine rings is 1. The lowest BCUT2D eigenvalue weighted by atomic mass is 9.79. The maximum absolute atomic E-state index is 12.2. The maximum Gasteiger partial charge on any atom is 0.274 e. The molecular weight excluding hydrogens is 407 g/mol. The van der Waals surface area contributed by atoms with Crippen molar-refractivity contribution in [3.05, 3.63) is 57.3 Å². The van der Waals surface area contributed by atoms with Crippen LogP contribution >= 0.6 is 23.2 Å². The van der Waals surface area contributed by atoms with Crippen LogP contribution in [0.3, 0.4) is 0 Å². The Bertz CT molecular complexity index is 942. The number of nitrogens with zero attached hydrogens (tertiary/aromatic N) is 3. The summed E-state index contributed by atoms with van der Waals surface area (Å²) in [6.07, 6.45) is 5.23. The fourth-order valence-corrected chi connectivity index (χ4v) is 4.45. The number of hydrogen-bond acceptors (Lipinski definition) is 4. The van der Waals surface area contributed by atoms with Crippen molar-refractivity contribution in [1.29, 1.82) is 0 Å². The smallest absolute Gasteiger partial charge is 0.274 e. The number of fused-ring (bicyclic) bond motifs is 1. The summed E-state index contributed by atoms with van der Waals surface area (Å²) in [5, 5.41) is 4.81. The highest BCUT2D eigenvalue weighted by Crippen LogP contribution is 2.45. The number of nitrogens with one attached hydrogen (secondary N) is 1. The molecule has 0 saturated carbocycles. The number of anilines is 1. The summed E-state index contributed by atoms with van der Waals surface area (Å²) in [4.78, 5) is 18.6. The molecule has 1 atom stereocenters. The summed E-state index contributed by atoms with van der Waals surface area (Å²) < 4.78 is 0. The van der Waals surface area contributed by atoms with Gasteiger partial charge in [-0.1, -0.05) is 37.0 Å². The summed E-state index contributed by atoms with van der Waals surface area (Å²) in [5.41, 5.74) is 6.05. The number of amides is 1. The SMILES string of the molecule is CCCN1c2cc(Cl)c(/C=N\NC(=O)c3cccnc3Cl)cc2C(C)CC1(C)C. The van der Waals surface area contributed by atoms with Crippen LogP contribution in [0.2, 0.25) is 10.2 Å². The minimum Gasteiger partial charge on any atom is -0.366 e. The average molecular weight is 433 g/mol. The summed E-state index contributed by atoms with van der Waals surface area (Å²) in [6, 6.07) is 7.34. The van der Waals surface area contributed by atoms with Crippen LogP contribution in [0.15, 0.2) is 35.6 Å². The molecule has 0 fully saturated rings. The highest BCUT2D eigenvalue weighted by molar-refractivity contribution is 6.33. The first-order chi connectivity index (χ1) is 13.7. The molecule has 0 spiro atoms. The van der Waals surface area contributed by atoms with Crippen LogP contribution in [0.5, 0.6) is 0 Å². The highest BCUT2D eigenvalue weighted by Gasteiger charge is 2.36. The van der Waals surface area contributed by atoms with Gasteiger partial charge in [0.05, 0.1) is 16.8 Å². The van der Waals surface area contributed by atoms with Gasteiger partial charge in [-0.3, -0.25) is 4.79 Å². The summed E-state index contributed by atoms with van der Waals surface area (Å²) in [5.74, 6) is -0.0148. The summed E-state index contributed by atoms with van der Waals surface area (Å²) in [7, 11) is 0. The minimum absolute atomic E-state index is 0.0817. The second-order valence-corrected chi connectivity index (χ2v) is 8.81. The quantitative estimate of drug-likeness (QED) is 0.376. The van der Waals surface area contributed by atoms with Gasteiger partial charge in [0.2, 0.25) is 0 Å². The van der Waals surface area contributed by atoms with Crippen molar-refractivity contribution in [3.8, 4) is 0 Å². The first kappa shape index (κ1) is 21.6. The van der Waals surface area contributed by atoms with Gasteiger partial charge >= 0.3 is 0 Å². The van der Waals surface area contributed by atoms with Crippen molar-refractivity contribution in [2.24, 2.45) is 5.10 Å². The van der Waals surface area contributed by atoms with Gasteiger partial charge in [-0.2, -0.15) is 5.10 Å². The lowest BCUT2D eigenvalue weighted by molar-refractivity contribution is 0.0955. The van der Waals surface area contributed by atoms with E-state index in [4.69, 9.17) is 23.2 Å². The number of aromatic nitrogens is 1. The van der Waals surface area contributed by atoms with E-state index < -0.39 is 5.91 Å². The molecular formula is C22H26Cl2N4O. The van der Waals surface area contributed by atoms with E-state index >= 15 is 0 Å². The zero-order valence-electron chi connectivity index (χ0n) is 17.2. The zero-order valence-corrected chi connectivity index (χ0v) is 18.7. The maximum atomic E-state index is 12.2. The molecule has 1 amide bonds. The third-order valence-electron chi connectivity index (χ3n) is 5.32. The molecule has 29 heavy (non-hydrogen) atoms. The van der Waals surface area contributed by atoms with Gasteiger partial charge < -0.3 is 4.90 Å². The molecule has 1 aliphatic heterocycles. The van der Waals surface area contributed by atoms with E-state index in [1.807, 2.05) is 6.07 Å². The fraction of sp³-hybridized carbons (Fsp3) is 0.409. The second-order valence-electron chi connectivity index (χ2n) is 8.04. The molecule has 0 saturated heterocycles. The molecule has 5 nitrogen and oxygen atoms in total. The molecule has 1 N–H and O–H groups in total. The predicted molar refractivity (Wildman–Crippen MR) is 121 cm³/mol. The molecule has 1 aliphatic rings. The number of benzene rings is 1. The van der Waals surface area contributed by atoms with Gasteiger partial charge in [0.1, 0.15) is 5.15 Å². The molecule has 1 aromatic carbocycles. The van der Waals surface area contributed by atoms with Crippen molar-refractivity contribution < 1.29 is 4.79 Å². The van der Waals surface area contributed by atoms with Gasteiger partial charge in [-0.25, -0.2) is 10.4 Å². The number of halogens is 2. The second kappa shape index (κ2) is 8.72. The van der Waals surface area contributed by atoms with Gasteiger partial charge in [0.25, 0.3) is 5.91 Å². The van der Waals surface area contributed by atoms with E-state index in [2.05, 4.69) is 54.2 Å². The highest BCUT2D eigenvalue weighted by atomic mass is 35.5. The lowest BCUT2D eigenvalue weighted by Crippen LogP contribution is -2.48. The Labute approximate surface area is 182 Å². The summed E-state index contributed by atoms with van der Waals surface area (Å²) in [6.45, 7) is 9.98. The Kier molecular flexibility index (Phi) is 6.49.